The molecule has 0 spiro atoms. The molecule has 1 aliphatic rings. The zero-order valence-corrected chi connectivity index (χ0v) is 19.4. The first-order valence-electron chi connectivity index (χ1n) is 9.32. The molecule has 0 aliphatic carbocycles. The SMILES string of the molecule is CCN(c1ccc(N=C2N=CN=C2c2ccc(Cl)cc2Cl)c(C)c1)C(C)S(C)(=O)=O. The summed E-state index contributed by atoms with van der Waals surface area (Å²) in [5.41, 5.74) is 3.70. The first-order chi connectivity index (χ1) is 14.1. The second kappa shape index (κ2) is 8.88. The number of anilines is 1. The van der Waals surface area contributed by atoms with E-state index in [-0.39, 0.29) is 0 Å². The number of benzene rings is 2. The zero-order chi connectivity index (χ0) is 22.1. The Hall–Kier alpha value is -2.22. The molecule has 2 aromatic rings. The molecule has 1 unspecified atom stereocenters. The summed E-state index contributed by atoms with van der Waals surface area (Å²) >= 11 is 12.3. The lowest BCUT2D eigenvalue weighted by Crippen LogP contribution is -2.38. The van der Waals surface area contributed by atoms with Gasteiger partial charge in [-0.1, -0.05) is 23.2 Å². The number of halogens is 2. The zero-order valence-electron chi connectivity index (χ0n) is 17.1. The van der Waals surface area contributed by atoms with Gasteiger partial charge in [-0.25, -0.2) is 23.4 Å². The molecular weight excluding hydrogens is 443 g/mol. The summed E-state index contributed by atoms with van der Waals surface area (Å²) in [7, 11) is -3.21. The minimum atomic E-state index is -3.21. The van der Waals surface area contributed by atoms with E-state index in [0.29, 0.717) is 39.4 Å². The van der Waals surface area contributed by atoms with E-state index in [1.165, 1.54) is 12.6 Å². The third-order valence-electron chi connectivity index (χ3n) is 4.90. The van der Waals surface area contributed by atoms with Crippen molar-refractivity contribution in [1.29, 1.82) is 0 Å². The van der Waals surface area contributed by atoms with Crippen LogP contribution in [0.5, 0.6) is 0 Å². The van der Waals surface area contributed by atoms with E-state index < -0.39 is 15.2 Å². The minimum Gasteiger partial charge on any atom is -0.355 e. The summed E-state index contributed by atoms with van der Waals surface area (Å²) in [5.74, 6) is 0.451. The minimum absolute atomic E-state index is 0.451. The Labute approximate surface area is 186 Å². The Bertz CT molecular complexity index is 1170. The largest absolute Gasteiger partial charge is 0.355 e. The Kier molecular flexibility index (Phi) is 6.65. The summed E-state index contributed by atoms with van der Waals surface area (Å²) in [4.78, 5) is 15.1. The van der Waals surface area contributed by atoms with Gasteiger partial charge >= 0.3 is 0 Å². The van der Waals surface area contributed by atoms with Crippen molar-refractivity contribution in [2.75, 3.05) is 17.7 Å². The van der Waals surface area contributed by atoms with Crippen LogP contribution in [0, 0.1) is 6.92 Å². The highest BCUT2D eigenvalue weighted by Crippen LogP contribution is 2.29. The fourth-order valence-corrected chi connectivity index (χ4v) is 4.38. The van der Waals surface area contributed by atoms with Crippen molar-refractivity contribution in [1.82, 2.24) is 0 Å². The Morgan fingerprint density at radius 1 is 1.17 bits per heavy atom. The normalized spacial score (nSPS) is 16.1. The lowest BCUT2D eigenvalue weighted by atomic mass is 10.1. The molecule has 0 fully saturated rings. The number of aryl methyl sites for hydroxylation is 1. The van der Waals surface area contributed by atoms with Crippen molar-refractivity contribution in [2.24, 2.45) is 15.0 Å². The standard InChI is InChI=1S/C21H22Cl2N4O2S/c1-5-27(14(3)30(4,28)29)16-7-9-19(13(2)10-16)26-21-20(24-12-25-21)17-8-6-15(22)11-18(17)23/h6-12,14H,5H2,1-4H3. The van der Waals surface area contributed by atoms with E-state index in [9.17, 15) is 8.42 Å². The molecule has 0 aromatic heterocycles. The first-order valence-corrected chi connectivity index (χ1v) is 12.0. The molecule has 0 bridgehead atoms. The van der Waals surface area contributed by atoms with Crippen LogP contribution >= 0.6 is 23.2 Å². The van der Waals surface area contributed by atoms with Crippen LogP contribution in [-0.4, -0.2) is 44.5 Å². The second-order valence-electron chi connectivity index (χ2n) is 6.97. The van der Waals surface area contributed by atoms with Crippen LogP contribution in [0.4, 0.5) is 11.4 Å². The quantitative estimate of drug-likeness (QED) is 0.597. The fraction of sp³-hybridized carbons (Fsp3) is 0.286. The molecule has 1 aliphatic heterocycles. The maximum atomic E-state index is 12.0. The van der Waals surface area contributed by atoms with E-state index in [1.807, 2.05) is 36.9 Å². The van der Waals surface area contributed by atoms with Crippen molar-refractivity contribution >= 4 is 62.3 Å². The summed E-state index contributed by atoms with van der Waals surface area (Å²) in [6.45, 7) is 6.11. The van der Waals surface area contributed by atoms with Crippen LogP contribution in [0.3, 0.4) is 0 Å². The monoisotopic (exact) mass is 464 g/mol. The van der Waals surface area contributed by atoms with E-state index in [0.717, 1.165) is 11.3 Å². The Morgan fingerprint density at radius 3 is 2.50 bits per heavy atom. The van der Waals surface area contributed by atoms with Gasteiger partial charge < -0.3 is 4.90 Å². The van der Waals surface area contributed by atoms with Gasteiger partial charge in [-0.2, -0.15) is 0 Å². The lowest BCUT2D eigenvalue weighted by molar-refractivity contribution is 0.584. The van der Waals surface area contributed by atoms with Gasteiger partial charge in [0.25, 0.3) is 0 Å². The van der Waals surface area contributed by atoms with Crippen molar-refractivity contribution in [2.45, 2.75) is 26.1 Å². The number of aliphatic imine (C=N–C) groups is 3. The average Bonchev–Trinajstić information content (AvgIpc) is 3.11. The van der Waals surface area contributed by atoms with Crippen LogP contribution in [0.25, 0.3) is 0 Å². The molecule has 0 saturated heterocycles. The molecule has 1 heterocycles. The van der Waals surface area contributed by atoms with Crippen molar-refractivity contribution in [3.05, 3.63) is 57.6 Å². The Balaban J connectivity index is 1.94. The third kappa shape index (κ3) is 4.74. The predicted octanol–water partition coefficient (Wildman–Crippen LogP) is 5.08. The molecule has 158 valence electrons. The number of sulfone groups is 1. The van der Waals surface area contributed by atoms with Gasteiger partial charge in [0.1, 0.15) is 17.4 Å². The summed E-state index contributed by atoms with van der Waals surface area (Å²) in [6.07, 6.45) is 2.68. The molecule has 30 heavy (non-hydrogen) atoms. The van der Waals surface area contributed by atoms with Gasteiger partial charge in [0.2, 0.25) is 0 Å². The van der Waals surface area contributed by atoms with Gasteiger partial charge in [0.15, 0.2) is 15.7 Å². The molecule has 0 radical (unpaired) electrons. The van der Waals surface area contributed by atoms with Crippen molar-refractivity contribution in [3.63, 3.8) is 0 Å². The van der Waals surface area contributed by atoms with Crippen LogP contribution < -0.4 is 4.90 Å². The second-order valence-corrected chi connectivity index (χ2v) is 10.2. The van der Waals surface area contributed by atoms with Crippen molar-refractivity contribution in [3.8, 4) is 0 Å². The molecular formula is C21H22Cl2N4O2S. The third-order valence-corrected chi connectivity index (χ3v) is 6.94. The van der Waals surface area contributed by atoms with E-state index >= 15 is 0 Å². The molecule has 1 atom stereocenters. The van der Waals surface area contributed by atoms with Gasteiger partial charge in [-0.05, 0) is 62.7 Å². The highest BCUT2D eigenvalue weighted by molar-refractivity contribution is 7.91. The van der Waals surface area contributed by atoms with Crippen LogP contribution in [0.2, 0.25) is 10.0 Å². The van der Waals surface area contributed by atoms with Crippen LogP contribution in [-0.2, 0) is 9.84 Å². The average molecular weight is 465 g/mol. The number of rotatable bonds is 6. The Morgan fingerprint density at radius 2 is 1.90 bits per heavy atom. The highest BCUT2D eigenvalue weighted by Gasteiger charge is 2.23. The first kappa shape index (κ1) is 22.5. The van der Waals surface area contributed by atoms with Gasteiger partial charge in [-0.3, -0.25) is 0 Å². The van der Waals surface area contributed by atoms with Gasteiger partial charge in [-0.15, -0.1) is 0 Å². The topological polar surface area (TPSA) is 74.5 Å². The van der Waals surface area contributed by atoms with E-state index in [2.05, 4.69) is 15.0 Å². The summed E-state index contributed by atoms with van der Waals surface area (Å²) in [5, 5.41) is 0.390. The molecule has 0 amide bonds. The van der Waals surface area contributed by atoms with Crippen LogP contribution in [0.15, 0.2) is 51.4 Å². The lowest BCUT2D eigenvalue weighted by Gasteiger charge is -2.29. The van der Waals surface area contributed by atoms with Gasteiger partial charge in [0.05, 0.1) is 10.7 Å². The fourth-order valence-electron chi connectivity index (χ4n) is 3.15. The van der Waals surface area contributed by atoms with E-state index in [4.69, 9.17) is 23.2 Å². The number of nitrogens with zero attached hydrogens (tertiary/aromatic N) is 4. The molecule has 0 N–H and O–H groups in total. The number of hydrogen-bond acceptors (Lipinski definition) is 5. The number of amidine groups is 1. The highest BCUT2D eigenvalue weighted by atomic mass is 35.5. The predicted molar refractivity (Wildman–Crippen MR) is 127 cm³/mol. The molecule has 6 nitrogen and oxygen atoms in total. The van der Waals surface area contributed by atoms with Crippen molar-refractivity contribution < 1.29 is 8.42 Å². The summed E-state index contributed by atoms with van der Waals surface area (Å²) < 4.78 is 24.0. The number of hydrogen-bond donors (Lipinski definition) is 0. The molecule has 3 rings (SSSR count). The maximum absolute atomic E-state index is 12.0. The molecule has 2 aromatic carbocycles. The van der Waals surface area contributed by atoms with E-state index in [1.54, 1.807) is 25.1 Å². The molecule has 0 saturated carbocycles. The molecule has 9 heteroatoms. The van der Waals surface area contributed by atoms with Gasteiger partial charge in [0, 0.05) is 29.1 Å². The maximum Gasteiger partial charge on any atom is 0.180 e. The summed E-state index contributed by atoms with van der Waals surface area (Å²) in [6, 6.07) is 10.8. The van der Waals surface area contributed by atoms with Crippen LogP contribution in [0.1, 0.15) is 25.0 Å². The smallest absolute Gasteiger partial charge is 0.180 e.